The van der Waals surface area contributed by atoms with Gasteiger partial charge >= 0.3 is 0 Å². The summed E-state index contributed by atoms with van der Waals surface area (Å²) >= 11 is 0. The fourth-order valence-electron chi connectivity index (χ4n) is 3.44. The van der Waals surface area contributed by atoms with Crippen LogP contribution < -0.4 is 0 Å². The summed E-state index contributed by atoms with van der Waals surface area (Å²) in [5.41, 5.74) is 3.26. The number of hydrogen-bond donors (Lipinski definition) is 0. The maximum atomic E-state index is 5.66. The lowest BCUT2D eigenvalue weighted by molar-refractivity contribution is 0.0658. The maximum absolute atomic E-state index is 5.66. The van der Waals surface area contributed by atoms with Crippen LogP contribution in [0.4, 0.5) is 0 Å². The Morgan fingerprint density at radius 1 is 1.27 bits per heavy atom. The van der Waals surface area contributed by atoms with E-state index in [1.165, 1.54) is 17.5 Å². The van der Waals surface area contributed by atoms with Crippen molar-refractivity contribution in [1.29, 1.82) is 0 Å². The van der Waals surface area contributed by atoms with Crippen LogP contribution in [0.5, 0.6) is 0 Å². The van der Waals surface area contributed by atoms with Crippen LogP contribution in [-0.4, -0.2) is 7.11 Å². The summed E-state index contributed by atoms with van der Waals surface area (Å²) in [5.74, 6) is 1.59. The molecule has 0 spiro atoms. The van der Waals surface area contributed by atoms with Crippen molar-refractivity contribution in [1.82, 2.24) is 0 Å². The maximum Gasteiger partial charge on any atom is 0.0855 e. The number of methoxy groups -OCH3 is 1. The summed E-state index contributed by atoms with van der Waals surface area (Å²) in [6.45, 7) is 4.75. The zero-order chi connectivity index (χ0) is 10.6. The summed E-state index contributed by atoms with van der Waals surface area (Å²) in [6.07, 6.45) is 1.68. The topological polar surface area (TPSA) is 9.23 Å². The van der Waals surface area contributed by atoms with E-state index in [4.69, 9.17) is 4.74 Å². The fourth-order valence-corrected chi connectivity index (χ4v) is 3.44. The molecule has 0 saturated heterocycles. The van der Waals surface area contributed by atoms with Gasteiger partial charge in [-0.2, -0.15) is 0 Å². The van der Waals surface area contributed by atoms with Crippen LogP contribution in [0.3, 0.4) is 0 Å². The molecule has 1 aromatic rings. The van der Waals surface area contributed by atoms with Crippen molar-refractivity contribution < 1.29 is 4.74 Å². The van der Waals surface area contributed by atoms with E-state index in [-0.39, 0.29) is 0 Å². The van der Waals surface area contributed by atoms with Crippen LogP contribution in [0.15, 0.2) is 24.3 Å². The molecular formula is C14H18O. The van der Waals surface area contributed by atoms with Crippen molar-refractivity contribution in [3.8, 4) is 0 Å². The van der Waals surface area contributed by atoms with Crippen molar-refractivity contribution in [2.75, 3.05) is 7.11 Å². The quantitative estimate of drug-likeness (QED) is 0.679. The molecule has 0 bridgehead atoms. The van der Waals surface area contributed by atoms with Crippen LogP contribution in [0.2, 0.25) is 0 Å². The second-order valence-electron chi connectivity index (χ2n) is 5.47. The van der Waals surface area contributed by atoms with Gasteiger partial charge in [-0.25, -0.2) is 0 Å². The van der Waals surface area contributed by atoms with Gasteiger partial charge in [-0.3, -0.25) is 0 Å². The highest BCUT2D eigenvalue weighted by Crippen LogP contribution is 2.62. The van der Waals surface area contributed by atoms with Gasteiger partial charge in [-0.1, -0.05) is 38.1 Å². The van der Waals surface area contributed by atoms with Crippen LogP contribution in [-0.2, 0) is 10.2 Å². The Balaban J connectivity index is 2.16. The molecule has 1 heteroatoms. The van der Waals surface area contributed by atoms with Gasteiger partial charge in [0, 0.05) is 7.11 Å². The first-order valence-corrected chi connectivity index (χ1v) is 5.78. The minimum absolute atomic E-state index is 0.344. The predicted molar refractivity (Wildman–Crippen MR) is 60.8 cm³/mol. The molecule has 0 aliphatic heterocycles. The van der Waals surface area contributed by atoms with Crippen molar-refractivity contribution in [3.05, 3.63) is 35.4 Å². The normalized spacial score (nSPS) is 35.5. The monoisotopic (exact) mass is 202 g/mol. The van der Waals surface area contributed by atoms with Gasteiger partial charge in [0.1, 0.15) is 0 Å². The summed E-state index contributed by atoms with van der Waals surface area (Å²) in [5, 5.41) is 0. The third-order valence-corrected chi connectivity index (χ3v) is 4.37. The molecule has 0 heterocycles. The van der Waals surface area contributed by atoms with E-state index in [0.717, 1.165) is 11.8 Å². The summed E-state index contributed by atoms with van der Waals surface area (Å²) in [6, 6.07) is 8.79. The van der Waals surface area contributed by atoms with Gasteiger partial charge in [0.2, 0.25) is 0 Å². The van der Waals surface area contributed by atoms with Crippen molar-refractivity contribution >= 4 is 0 Å². The molecule has 0 unspecified atom stereocenters. The van der Waals surface area contributed by atoms with Gasteiger partial charge in [-0.05, 0) is 34.8 Å². The molecule has 15 heavy (non-hydrogen) atoms. The molecule has 0 aromatic heterocycles. The average Bonchev–Trinajstić information content (AvgIpc) is 3.00. The van der Waals surface area contributed by atoms with Gasteiger partial charge < -0.3 is 4.74 Å². The Morgan fingerprint density at radius 3 is 2.73 bits per heavy atom. The lowest BCUT2D eigenvalue weighted by Crippen LogP contribution is -2.29. The highest BCUT2D eigenvalue weighted by Gasteiger charge is 2.56. The number of rotatable bonds is 1. The minimum atomic E-state index is 0.344. The van der Waals surface area contributed by atoms with Crippen LogP contribution in [0, 0.1) is 11.8 Å². The molecule has 2 aliphatic rings. The molecule has 0 amide bonds. The number of benzene rings is 1. The van der Waals surface area contributed by atoms with E-state index in [0.29, 0.717) is 11.5 Å². The summed E-state index contributed by atoms with van der Waals surface area (Å²) in [7, 11) is 1.84. The highest BCUT2D eigenvalue weighted by atomic mass is 16.5. The SMILES string of the molecule is CO[C@@H]1c2ccccc2C(C)(C)[C@@H]2C[C@H]12. The summed E-state index contributed by atoms with van der Waals surface area (Å²) < 4.78 is 5.66. The molecule has 3 atom stereocenters. The largest absolute Gasteiger partial charge is 0.376 e. The molecular weight excluding hydrogens is 184 g/mol. The third kappa shape index (κ3) is 1.13. The number of fused-ring (bicyclic) bond motifs is 2. The molecule has 0 N–H and O–H groups in total. The molecule has 1 aromatic carbocycles. The Labute approximate surface area is 91.5 Å². The molecule has 1 fully saturated rings. The molecule has 3 rings (SSSR count). The first-order chi connectivity index (χ1) is 7.16. The van der Waals surface area contributed by atoms with Gasteiger partial charge in [0.25, 0.3) is 0 Å². The van der Waals surface area contributed by atoms with E-state index in [2.05, 4.69) is 38.1 Å². The average molecular weight is 202 g/mol. The molecule has 1 saturated carbocycles. The Morgan fingerprint density at radius 2 is 2.00 bits per heavy atom. The van der Waals surface area contributed by atoms with Crippen LogP contribution >= 0.6 is 0 Å². The van der Waals surface area contributed by atoms with E-state index in [1.807, 2.05) is 7.11 Å². The van der Waals surface area contributed by atoms with E-state index < -0.39 is 0 Å². The lowest BCUT2D eigenvalue weighted by atomic mass is 9.71. The zero-order valence-electron chi connectivity index (χ0n) is 9.66. The number of hydrogen-bond acceptors (Lipinski definition) is 1. The summed E-state index contributed by atoms with van der Waals surface area (Å²) in [4.78, 5) is 0. The molecule has 2 aliphatic carbocycles. The van der Waals surface area contributed by atoms with Crippen molar-refractivity contribution in [2.24, 2.45) is 11.8 Å². The first kappa shape index (κ1) is 9.41. The second-order valence-corrected chi connectivity index (χ2v) is 5.47. The highest BCUT2D eigenvalue weighted by molar-refractivity contribution is 5.42. The number of ether oxygens (including phenoxy) is 1. The van der Waals surface area contributed by atoms with Crippen molar-refractivity contribution in [2.45, 2.75) is 31.8 Å². The fraction of sp³-hybridized carbons (Fsp3) is 0.571. The van der Waals surface area contributed by atoms with Crippen LogP contribution in [0.1, 0.15) is 37.5 Å². The zero-order valence-corrected chi connectivity index (χ0v) is 9.66. The lowest BCUT2D eigenvalue weighted by Gasteiger charge is -2.36. The third-order valence-electron chi connectivity index (χ3n) is 4.37. The Hall–Kier alpha value is -0.820. The van der Waals surface area contributed by atoms with Crippen molar-refractivity contribution in [3.63, 3.8) is 0 Å². The predicted octanol–water partition coefficient (Wildman–Crippen LogP) is 3.30. The molecule has 80 valence electrons. The van der Waals surface area contributed by atoms with Gasteiger partial charge in [-0.15, -0.1) is 0 Å². The van der Waals surface area contributed by atoms with Gasteiger partial charge in [0.05, 0.1) is 6.10 Å². The second kappa shape index (κ2) is 2.85. The Bertz CT molecular complexity index is 394. The molecule has 1 nitrogen and oxygen atoms in total. The van der Waals surface area contributed by atoms with Crippen LogP contribution in [0.25, 0.3) is 0 Å². The Kier molecular flexibility index (Phi) is 1.79. The van der Waals surface area contributed by atoms with Gasteiger partial charge in [0.15, 0.2) is 0 Å². The molecule has 0 radical (unpaired) electrons. The van der Waals surface area contributed by atoms with E-state index >= 15 is 0 Å². The standard InChI is InChI=1S/C14H18O/c1-14(2)11-7-5-4-6-9(11)13(15-3)10-8-12(10)14/h4-7,10,12-13H,8H2,1-3H3/t10-,12+,13+/m0/s1. The van der Waals surface area contributed by atoms with E-state index in [9.17, 15) is 0 Å². The smallest absolute Gasteiger partial charge is 0.0855 e. The first-order valence-electron chi connectivity index (χ1n) is 5.78. The van der Waals surface area contributed by atoms with E-state index in [1.54, 1.807) is 0 Å². The minimum Gasteiger partial charge on any atom is -0.376 e.